The zero-order valence-corrected chi connectivity index (χ0v) is 18.2. The molecule has 0 radical (unpaired) electrons. The summed E-state index contributed by atoms with van der Waals surface area (Å²) in [6, 6.07) is 6.09. The Balaban J connectivity index is 2.29. The van der Waals surface area contributed by atoms with Gasteiger partial charge in [0.05, 0.1) is 17.5 Å². The van der Waals surface area contributed by atoms with Crippen molar-refractivity contribution < 1.29 is 30.7 Å². The van der Waals surface area contributed by atoms with Crippen LogP contribution in [0.25, 0.3) is 5.57 Å². The first-order valence-corrected chi connectivity index (χ1v) is 10.1. The summed E-state index contributed by atoms with van der Waals surface area (Å²) >= 11 is 0. The number of alkyl halides is 6. The van der Waals surface area contributed by atoms with Crippen LogP contribution in [-0.4, -0.2) is 6.34 Å². The standard InChI is InChI=1S/C24H23F7N2/c1-4-6-20(21-8-7-16(5-2)9-22(21)25)15(3)13-32-14-33-19-11-17(23(26,27)28)10-18(12-19)24(29,30)31/h6-14H,4-5H2,1-3H3,(H,32,33)/b15-13+,20-6+. The maximum atomic E-state index is 14.5. The summed E-state index contributed by atoms with van der Waals surface area (Å²) in [5, 5.41) is 2.33. The molecule has 1 N–H and O–H groups in total. The molecule has 9 heteroatoms. The lowest BCUT2D eigenvalue weighted by atomic mass is 9.96. The normalized spacial score (nSPS) is 13.6. The van der Waals surface area contributed by atoms with Crippen molar-refractivity contribution in [2.24, 2.45) is 4.99 Å². The van der Waals surface area contributed by atoms with Gasteiger partial charge in [-0.15, -0.1) is 0 Å². The fourth-order valence-electron chi connectivity index (χ4n) is 3.05. The van der Waals surface area contributed by atoms with Gasteiger partial charge in [0.25, 0.3) is 0 Å². The van der Waals surface area contributed by atoms with Gasteiger partial charge in [0, 0.05) is 17.5 Å². The number of rotatable bonds is 7. The second kappa shape index (κ2) is 10.7. The van der Waals surface area contributed by atoms with E-state index in [-0.39, 0.29) is 6.07 Å². The van der Waals surface area contributed by atoms with E-state index >= 15 is 0 Å². The Hall–Kier alpha value is -3.10. The van der Waals surface area contributed by atoms with Crippen LogP contribution in [0.4, 0.5) is 36.4 Å². The van der Waals surface area contributed by atoms with Gasteiger partial charge < -0.3 is 5.32 Å². The molecule has 0 aromatic heterocycles. The summed E-state index contributed by atoms with van der Waals surface area (Å²) in [5.41, 5.74) is -0.907. The largest absolute Gasteiger partial charge is 0.416 e. The Morgan fingerprint density at radius 1 is 0.939 bits per heavy atom. The van der Waals surface area contributed by atoms with Gasteiger partial charge in [0.15, 0.2) is 0 Å². The maximum Gasteiger partial charge on any atom is 0.416 e. The molecule has 2 aromatic carbocycles. The van der Waals surface area contributed by atoms with Gasteiger partial charge in [-0.25, -0.2) is 9.38 Å². The average molecular weight is 472 g/mol. The fraction of sp³-hybridized carbons (Fsp3) is 0.292. The topological polar surface area (TPSA) is 24.4 Å². The smallest absolute Gasteiger partial charge is 0.346 e. The van der Waals surface area contributed by atoms with Gasteiger partial charge in [0.1, 0.15) is 5.82 Å². The molecular weight excluding hydrogens is 449 g/mol. The zero-order valence-electron chi connectivity index (χ0n) is 18.2. The van der Waals surface area contributed by atoms with Crippen LogP contribution >= 0.6 is 0 Å². The van der Waals surface area contributed by atoms with Crippen molar-refractivity contribution in [1.29, 1.82) is 0 Å². The van der Waals surface area contributed by atoms with Crippen LogP contribution in [0.1, 0.15) is 49.4 Å². The lowest BCUT2D eigenvalue weighted by Gasteiger charge is -2.14. The lowest BCUT2D eigenvalue weighted by Crippen LogP contribution is -2.12. The molecule has 2 rings (SSSR count). The van der Waals surface area contributed by atoms with E-state index in [1.165, 1.54) is 12.3 Å². The van der Waals surface area contributed by atoms with Crippen molar-refractivity contribution in [1.82, 2.24) is 0 Å². The lowest BCUT2D eigenvalue weighted by molar-refractivity contribution is -0.143. The third kappa shape index (κ3) is 7.20. The fourth-order valence-corrected chi connectivity index (χ4v) is 3.05. The molecule has 0 amide bonds. The predicted molar refractivity (Wildman–Crippen MR) is 116 cm³/mol. The van der Waals surface area contributed by atoms with E-state index in [0.29, 0.717) is 41.7 Å². The summed E-state index contributed by atoms with van der Waals surface area (Å²) in [5.74, 6) is -0.396. The van der Waals surface area contributed by atoms with Crippen LogP contribution in [0, 0.1) is 5.82 Å². The van der Waals surface area contributed by atoms with Gasteiger partial charge in [-0.05, 0) is 60.7 Å². The Bertz CT molecular complexity index is 1030. The molecule has 0 atom stereocenters. The number of halogens is 7. The van der Waals surface area contributed by atoms with Crippen LogP contribution < -0.4 is 5.32 Å². The van der Waals surface area contributed by atoms with Gasteiger partial charge in [0.2, 0.25) is 0 Å². The number of nitrogens with zero attached hydrogens (tertiary/aromatic N) is 1. The number of aryl methyl sites for hydroxylation is 1. The highest BCUT2D eigenvalue weighted by molar-refractivity contribution is 5.80. The molecule has 0 heterocycles. The third-order valence-electron chi connectivity index (χ3n) is 4.73. The molecule has 0 aliphatic heterocycles. The van der Waals surface area contributed by atoms with E-state index in [0.717, 1.165) is 11.9 Å². The van der Waals surface area contributed by atoms with Gasteiger partial charge in [-0.2, -0.15) is 26.3 Å². The SMILES string of the molecule is CC/C=C(\C(C)=C\N=CNc1cc(C(F)(F)F)cc(C(F)(F)F)c1)c1ccc(CC)cc1F. The molecule has 0 saturated heterocycles. The van der Waals surface area contributed by atoms with Crippen molar-refractivity contribution >= 4 is 17.6 Å². The minimum absolute atomic E-state index is 0.0482. The molecule has 0 unspecified atom stereocenters. The minimum Gasteiger partial charge on any atom is -0.346 e. The van der Waals surface area contributed by atoms with Crippen molar-refractivity contribution in [3.8, 4) is 0 Å². The molecule has 0 bridgehead atoms. The van der Waals surface area contributed by atoms with Crippen LogP contribution in [0.3, 0.4) is 0 Å². The second-order valence-electron chi connectivity index (χ2n) is 7.22. The van der Waals surface area contributed by atoms with Crippen LogP contribution in [0.5, 0.6) is 0 Å². The summed E-state index contributed by atoms with van der Waals surface area (Å²) in [6.07, 6.45) is -4.46. The van der Waals surface area contributed by atoms with E-state index in [1.54, 1.807) is 19.1 Å². The highest BCUT2D eigenvalue weighted by atomic mass is 19.4. The summed E-state index contributed by atoms with van der Waals surface area (Å²) in [4.78, 5) is 3.92. The van der Waals surface area contributed by atoms with Crippen molar-refractivity contribution in [3.63, 3.8) is 0 Å². The third-order valence-corrected chi connectivity index (χ3v) is 4.73. The van der Waals surface area contributed by atoms with E-state index in [1.807, 2.05) is 19.9 Å². The van der Waals surface area contributed by atoms with Crippen LogP contribution in [-0.2, 0) is 18.8 Å². The second-order valence-corrected chi connectivity index (χ2v) is 7.22. The monoisotopic (exact) mass is 472 g/mol. The molecule has 0 saturated carbocycles. The first-order chi connectivity index (χ1) is 15.4. The minimum atomic E-state index is -4.94. The van der Waals surface area contributed by atoms with Gasteiger partial charge in [-0.1, -0.05) is 32.1 Å². The maximum absolute atomic E-state index is 14.5. The van der Waals surface area contributed by atoms with Crippen molar-refractivity contribution in [2.75, 3.05) is 5.32 Å². The highest BCUT2D eigenvalue weighted by Gasteiger charge is 2.36. The summed E-state index contributed by atoms with van der Waals surface area (Å²) < 4.78 is 92.3. The molecule has 33 heavy (non-hydrogen) atoms. The Morgan fingerprint density at radius 3 is 2.03 bits per heavy atom. The van der Waals surface area contributed by atoms with Gasteiger partial charge >= 0.3 is 12.4 Å². The van der Waals surface area contributed by atoms with Crippen LogP contribution in [0.15, 0.2) is 59.2 Å². The van der Waals surface area contributed by atoms with Crippen molar-refractivity contribution in [2.45, 2.75) is 46.0 Å². The molecule has 0 fully saturated rings. The Kier molecular flexibility index (Phi) is 8.46. The zero-order chi connectivity index (χ0) is 24.8. The number of anilines is 1. The molecular formula is C24H23F7N2. The first-order valence-electron chi connectivity index (χ1n) is 10.1. The molecule has 0 spiro atoms. The van der Waals surface area contributed by atoms with E-state index < -0.39 is 35.0 Å². The molecule has 2 aromatic rings. The number of aliphatic imine (C=N–C) groups is 1. The van der Waals surface area contributed by atoms with E-state index in [9.17, 15) is 30.7 Å². The van der Waals surface area contributed by atoms with Crippen molar-refractivity contribution in [3.05, 3.63) is 82.3 Å². The molecule has 0 aliphatic carbocycles. The molecule has 178 valence electrons. The number of benzene rings is 2. The molecule has 0 aliphatic rings. The quantitative estimate of drug-likeness (QED) is 0.187. The molecule has 2 nitrogen and oxygen atoms in total. The Morgan fingerprint density at radius 2 is 1.55 bits per heavy atom. The number of hydrogen-bond acceptors (Lipinski definition) is 1. The van der Waals surface area contributed by atoms with Crippen LogP contribution in [0.2, 0.25) is 0 Å². The van der Waals surface area contributed by atoms with E-state index in [2.05, 4.69) is 10.3 Å². The Labute approximate surface area is 187 Å². The summed E-state index contributed by atoms with van der Waals surface area (Å²) in [6.45, 7) is 5.46. The average Bonchev–Trinajstić information content (AvgIpc) is 2.73. The predicted octanol–water partition coefficient (Wildman–Crippen LogP) is 8.26. The summed E-state index contributed by atoms with van der Waals surface area (Å²) in [7, 11) is 0. The number of hydrogen-bond donors (Lipinski definition) is 1. The number of allylic oxidation sites excluding steroid dienone is 3. The number of nitrogens with one attached hydrogen (secondary N) is 1. The van der Waals surface area contributed by atoms with Gasteiger partial charge in [-0.3, -0.25) is 0 Å². The first kappa shape index (κ1) is 26.2. The highest BCUT2D eigenvalue weighted by Crippen LogP contribution is 2.37. The van der Waals surface area contributed by atoms with E-state index in [4.69, 9.17) is 0 Å².